The average Bonchev–Trinajstić information content (AvgIpc) is 3.40. The highest BCUT2D eigenvalue weighted by Gasteiger charge is 2.37. The molecule has 194 valence electrons. The lowest BCUT2D eigenvalue weighted by atomic mass is 10.0. The van der Waals surface area contributed by atoms with Crippen molar-refractivity contribution in [2.75, 3.05) is 25.9 Å². The smallest absolute Gasteiger partial charge is 0.317 e. The number of likely N-dealkylation sites (tertiary alicyclic amines) is 1. The van der Waals surface area contributed by atoms with Crippen LogP contribution in [0, 0.1) is 0 Å². The number of aromatic nitrogens is 1. The Hall–Kier alpha value is -4.18. The van der Waals surface area contributed by atoms with Crippen LogP contribution < -0.4 is 21.1 Å². The van der Waals surface area contributed by atoms with Gasteiger partial charge in [-0.05, 0) is 60.0 Å². The van der Waals surface area contributed by atoms with Gasteiger partial charge in [0.05, 0.1) is 19.7 Å². The van der Waals surface area contributed by atoms with Gasteiger partial charge in [0.25, 0.3) is 0 Å². The highest BCUT2D eigenvalue weighted by atomic mass is 16.5. The summed E-state index contributed by atoms with van der Waals surface area (Å²) in [6.45, 7) is 0.356. The summed E-state index contributed by atoms with van der Waals surface area (Å²) in [6.07, 6.45) is 3.17. The Labute approximate surface area is 214 Å². The number of fused-ring (bicyclic) bond motifs is 1. The molecule has 1 fully saturated rings. The van der Waals surface area contributed by atoms with E-state index in [0.29, 0.717) is 31.0 Å². The molecule has 2 atom stereocenters. The highest BCUT2D eigenvalue weighted by Crippen LogP contribution is 2.22. The fourth-order valence-corrected chi connectivity index (χ4v) is 4.61. The number of carbonyl (C=O) groups is 3. The van der Waals surface area contributed by atoms with Gasteiger partial charge in [0.15, 0.2) is 0 Å². The number of carbonyl (C=O) groups excluding carboxylic acids is 2. The molecule has 1 aromatic heterocycles. The average molecular weight is 506 g/mol. The third kappa shape index (κ3) is 6.34. The van der Waals surface area contributed by atoms with Gasteiger partial charge in [-0.25, -0.2) is 4.98 Å². The standard InChI is InChI=1S/C27H31N5O5/c1-37-20-8-5-17(6-9-20)14-22(30-16-24(33)34)27(36)32-12-2-3-23(32)26(35)31-15-18-4-7-19-10-11-29-25(28)21(19)13-18/h4-11,13,22-23,30H,2-3,12,14-16H2,1H3,(H2,28,29)(H,31,35)(H,33,34). The van der Waals surface area contributed by atoms with Gasteiger partial charge in [-0.15, -0.1) is 0 Å². The first kappa shape index (κ1) is 25.9. The van der Waals surface area contributed by atoms with Gasteiger partial charge in [-0.1, -0.05) is 24.3 Å². The maximum atomic E-state index is 13.5. The first-order chi connectivity index (χ1) is 17.9. The molecule has 5 N–H and O–H groups in total. The van der Waals surface area contributed by atoms with Gasteiger partial charge < -0.3 is 25.8 Å². The third-order valence-corrected chi connectivity index (χ3v) is 6.56. The first-order valence-electron chi connectivity index (χ1n) is 12.1. The Morgan fingerprint density at radius 1 is 1.16 bits per heavy atom. The maximum absolute atomic E-state index is 13.5. The van der Waals surface area contributed by atoms with E-state index in [-0.39, 0.29) is 31.3 Å². The van der Waals surface area contributed by atoms with Crippen LogP contribution in [0.2, 0.25) is 0 Å². The summed E-state index contributed by atoms with van der Waals surface area (Å²) in [5.74, 6) is -0.484. The second-order valence-electron chi connectivity index (χ2n) is 9.04. The molecule has 0 bridgehead atoms. The number of nitrogens with one attached hydrogen (secondary N) is 2. The number of benzene rings is 2. The largest absolute Gasteiger partial charge is 0.497 e. The quantitative estimate of drug-likeness (QED) is 0.326. The second-order valence-corrected chi connectivity index (χ2v) is 9.04. The van der Waals surface area contributed by atoms with E-state index >= 15 is 0 Å². The molecule has 37 heavy (non-hydrogen) atoms. The van der Waals surface area contributed by atoms with E-state index in [1.807, 2.05) is 36.4 Å². The Morgan fingerprint density at radius 3 is 2.65 bits per heavy atom. The Morgan fingerprint density at radius 2 is 1.92 bits per heavy atom. The number of aliphatic carboxylic acids is 1. The molecule has 10 nitrogen and oxygen atoms in total. The number of nitrogens with two attached hydrogens (primary N) is 1. The molecule has 10 heteroatoms. The van der Waals surface area contributed by atoms with E-state index in [1.54, 1.807) is 30.3 Å². The maximum Gasteiger partial charge on any atom is 0.317 e. The number of hydrogen-bond acceptors (Lipinski definition) is 7. The zero-order valence-corrected chi connectivity index (χ0v) is 20.6. The summed E-state index contributed by atoms with van der Waals surface area (Å²) >= 11 is 0. The minimum atomic E-state index is -1.06. The van der Waals surface area contributed by atoms with Crippen molar-refractivity contribution < 1.29 is 24.2 Å². The number of pyridine rings is 1. The van der Waals surface area contributed by atoms with E-state index in [1.165, 1.54) is 0 Å². The summed E-state index contributed by atoms with van der Waals surface area (Å²) < 4.78 is 5.18. The van der Waals surface area contributed by atoms with Crippen LogP contribution in [0.3, 0.4) is 0 Å². The molecule has 0 radical (unpaired) electrons. The summed E-state index contributed by atoms with van der Waals surface area (Å²) in [4.78, 5) is 43.5. The number of nitrogens with zero attached hydrogens (tertiary/aromatic N) is 2. The van der Waals surface area contributed by atoms with Gasteiger partial charge in [0, 0.05) is 24.7 Å². The first-order valence-corrected chi connectivity index (χ1v) is 12.1. The SMILES string of the molecule is COc1ccc(CC(NCC(=O)O)C(=O)N2CCCC2C(=O)NCc2ccc3ccnc(N)c3c2)cc1. The van der Waals surface area contributed by atoms with Gasteiger partial charge in [-0.2, -0.15) is 0 Å². The van der Waals surface area contributed by atoms with Crippen LogP contribution >= 0.6 is 0 Å². The van der Waals surface area contributed by atoms with E-state index in [9.17, 15) is 14.4 Å². The van der Waals surface area contributed by atoms with Crippen LogP contribution in [-0.2, 0) is 27.3 Å². The molecule has 2 heterocycles. The zero-order chi connectivity index (χ0) is 26.4. The van der Waals surface area contributed by atoms with Crippen molar-refractivity contribution in [3.8, 4) is 5.75 Å². The lowest BCUT2D eigenvalue weighted by Gasteiger charge is -2.28. The number of anilines is 1. The van der Waals surface area contributed by atoms with E-state index < -0.39 is 18.1 Å². The summed E-state index contributed by atoms with van der Waals surface area (Å²) in [6, 6.07) is 13.5. The monoisotopic (exact) mass is 505 g/mol. The normalized spacial score (nSPS) is 15.9. The number of ether oxygens (including phenoxy) is 1. The molecular weight excluding hydrogens is 474 g/mol. The van der Waals surface area contributed by atoms with Crippen LogP contribution in [0.25, 0.3) is 10.8 Å². The van der Waals surface area contributed by atoms with Crippen molar-refractivity contribution in [2.45, 2.75) is 37.9 Å². The lowest BCUT2D eigenvalue weighted by Crippen LogP contribution is -2.53. The number of carboxylic acid groups (broad SMARTS) is 1. The summed E-state index contributed by atoms with van der Waals surface area (Å²) in [5.41, 5.74) is 7.70. The summed E-state index contributed by atoms with van der Waals surface area (Å²) in [5, 5.41) is 16.7. The van der Waals surface area contributed by atoms with Crippen LogP contribution in [0.5, 0.6) is 5.75 Å². The van der Waals surface area contributed by atoms with Crippen molar-refractivity contribution in [2.24, 2.45) is 0 Å². The van der Waals surface area contributed by atoms with Crippen molar-refractivity contribution in [3.05, 3.63) is 65.9 Å². The third-order valence-electron chi connectivity index (χ3n) is 6.56. The number of hydrogen-bond donors (Lipinski definition) is 4. The minimum absolute atomic E-state index is 0.244. The molecular formula is C27H31N5O5. The van der Waals surface area contributed by atoms with Gasteiger partial charge >= 0.3 is 5.97 Å². The Bertz CT molecular complexity index is 1280. The molecule has 4 rings (SSSR count). The molecule has 1 saturated heterocycles. The number of carboxylic acids is 1. The molecule has 0 spiro atoms. The molecule has 1 aliphatic rings. The Balaban J connectivity index is 1.43. The van der Waals surface area contributed by atoms with Gasteiger partial charge in [0.2, 0.25) is 11.8 Å². The second kappa shape index (κ2) is 11.7. The van der Waals surface area contributed by atoms with Crippen LogP contribution in [0.4, 0.5) is 5.82 Å². The fourth-order valence-electron chi connectivity index (χ4n) is 4.61. The predicted octanol–water partition coefficient (Wildman–Crippen LogP) is 1.72. The molecule has 2 aromatic carbocycles. The van der Waals surface area contributed by atoms with Crippen molar-refractivity contribution in [1.82, 2.24) is 20.5 Å². The summed E-state index contributed by atoms with van der Waals surface area (Å²) in [7, 11) is 1.57. The van der Waals surface area contributed by atoms with Gasteiger partial charge in [-0.3, -0.25) is 19.7 Å². The molecule has 0 saturated carbocycles. The lowest BCUT2D eigenvalue weighted by molar-refractivity contribution is -0.141. The van der Waals surface area contributed by atoms with Crippen molar-refractivity contribution >= 4 is 34.4 Å². The predicted molar refractivity (Wildman–Crippen MR) is 139 cm³/mol. The molecule has 3 aromatic rings. The zero-order valence-electron chi connectivity index (χ0n) is 20.6. The van der Waals surface area contributed by atoms with Gasteiger partial charge in [0.1, 0.15) is 17.6 Å². The molecule has 2 unspecified atom stereocenters. The molecule has 1 aliphatic heterocycles. The Kier molecular flexibility index (Phi) is 8.19. The minimum Gasteiger partial charge on any atom is -0.497 e. The van der Waals surface area contributed by atoms with Crippen molar-refractivity contribution in [3.63, 3.8) is 0 Å². The van der Waals surface area contributed by atoms with E-state index in [0.717, 1.165) is 21.9 Å². The van der Waals surface area contributed by atoms with E-state index in [2.05, 4.69) is 15.6 Å². The topological polar surface area (TPSA) is 147 Å². The van der Waals surface area contributed by atoms with Crippen molar-refractivity contribution in [1.29, 1.82) is 0 Å². The number of rotatable bonds is 10. The highest BCUT2D eigenvalue weighted by molar-refractivity contribution is 5.92. The number of amides is 2. The molecule has 2 amide bonds. The van der Waals surface area contributed by atoms with E-state index in [4.69, 9.17) is 15.6 Å². The number of methoxy groups -OCH3 is 1. The fraction of sp³-hybridized carbons (Fsp3) is 0.333. The number of nitrogen functional groups attached to an aromatic ring is 1. The van der Waals surface area contributed by atoms with Crippen LogP contribution in [0.15, 0.2) is 54.7 Å². The van der Waals surface area contributed by atoms with Crippen LogP contribution in [-0.4, -0.2) is 65.1 Å². The van der Waals surface area contributed by atoms with Crippen LogP contribution in [0.1, 0.15) is 24.0 Å². The molecule has 0 aliphatic carbocycles.